The van der Waals surface area contributed by atoms with Gasteiger partial charge in [0.25, 0.3) is 0 Å². The number of hydrogen-bond acceptors (Lipinski definition) is 2. The van der Waals surface area contributed by atoms with Gasteiger partial charge in [0.1, 0.15) is 5.82 Å². The molecule has 0 saturated heterocycles. The van der Waals surface area contributed by atoms with Crippen molar-refractivity contribution in [1.82, 2.24) is 0 Å². The third-order valence-electron chi connectivity index (χ3n) is 2.96. The van der Waals surface area contributed by atoms with Crippen LogP contribution in [0.3, 0.4) is 0 Å². The lowest BCUT2D eigenvalue weighted by Crippen LogP contribution is -2.46. The molecule has 0 aliphatic carbocycles. The highest BCUT2D eigenvalue weighted by Gasteiger charge is 2.30. The molecular formula is C14H21BrFNO. The Morgan fingerprint density at radius 2 is 2.00 bits per heavy atom. The Morgan fingerprint density at radius 3 is 2.50 bits per heavy atom. The molecule has 2 N–H and O–H groups in total. The molecule has 2 atom stereocenters. The SMILES string of the molecule is COC(C(N)Cc1cc(Br)ccc1F)C(C)(C)C. The standard InChI is InChI=1S/C14H21BrFNO/c1-14(2,3)13(18-4)12(17)8-9-7-10(15)5-6-11(9)16/h5-7,12-13H,8,17H2,1-4H3. The lowest BCUT2D eigenvalue weighted by atomic mass is 9.83. The van der Waals surface area contributed by atoms with Crippen molar-refractivity contribution < 1.29 is 9.13 Å². The molecule has 0 spiro atoms. The zero-order valence-corrected chi connectivity index (χ0v) is 12.9. The molecule has 2 nitrogen and oxygen atoms in total. The number of halogens is 2. The Labute approximate surface area is 117 Å². The van der Waals surface area contributed by atoms with Gasteiger partial charge in [0, 0.05) is 17.6 Å². The van der Waals surface area contributed by atoms with Crippen LogP contribution in [0.25, 0.3) is 0 Å². The summed E-state index contributed by atoms with van der Waals surface area (Å²) in [7, 11) is 1.65. The summed E-state index contributed by atoms with van der Waals surface area (Å²) >= 11 is 3.34. The van der Waals surface area contributed by atoms with Gasteiger partial charge in [-0.15, -0.1) is 0 Å². The summed E-state index contributed by atoms with van der Waals surface area (Å²) in [5, 5.41) is 0. The minimum absolute atomic E-state index is 0.0728. The molecule has 1 aromatic carbocycles. The lowest BCUT2D eigenvalue weighted by molar-refractivity contribution is -0.00180. The zero-order chi connectivity index (χ0) is 13.9. The van der Waals surface area contributed by atoms with E-state index >= 15 is 0 Å². The first kappa shape index (κ1) is 15.6. The van der Waals surface area contributed by atoms with Crippen molar-refractivity contribution in [2.75, 3.05) is 7.11 Å². The molecule has 0 aromatic heterocycles. The van der Waals surface area contributed by atoms with Crippen molar-refractivity contribution in [3.63, 3.8) is 0 Å². The van der Waals surface area contributed by atoms with Crippen molar-refractivity contribution in [3.8, 4) is 0 Å². The number of rotatable bonds is 4. The van der Waals surface area contributed by atoms with E-state index in [-0.39, 0.29) is 23.4 Å². The molecule has 18 heavy (non-hydrogen) atoms. The van der Waals surface area contributed by atoms with E-state index in [4.69, 9.17) is 10.5 Å². The van der Waals surface area contributed by atoms with Gasteiger partial charge in [-0.3, -0.25) is 0 Å². The highest BCUT2D eigenvalue weighted by atomic mass is 79.9. The third kappa shape index (κ3) is 4.04. The lowest BCUT2D eigenvalue weighted by Gasteiger charge is -2.34. The Hall–Kier alpha value is -0.450. The summed E-state index contributed by atoms with van der Waals surface area (Å²) in [6.07, 6.45) is 0.344. The molecule has 4 heteroatoms. The predicted molar refractivity (Wildman–Crippen MR) is 76.0 cm³/mol. The fraction of sp³-hybridized carbons (Fsp3) is 0.571. The average molecular weight is 318 g/mol. The molecule has 0 amide bonds. The Morgan fingerprint density at radius 1 is 1.39 bits per heavy atom. The minimum atomic E-state index is -0.237. The molecule has 0 aliphatic rings. The molecule has 0 bridgehead atoms. The minimum Gasteiger partial charge on any atom is -0.379 e. The second-order valence-corrected chi connectivity index (χ2v) is 6.54. The molecule has 1 rings (SSSR count). The second kappa shape index (κ2) is 6.13. The summed E-state index contributed by atoms with van der Waals surface area (Å²) < 4.78 is 20.0. The van der Waals surface area contributed by atoms with Crippen molar-refractivity contribution in [1.29, 1.82) is 0 Å². The van der Waals surface area contributed by atoms with Crippen LogP contribution < -0.4 is 5.73 Å². The van der Waals surface area contributed by atoms with Crippen LogP contribution in [0.1, 0.15) is 26.3 Å². The smallest absolute Gasteiger partial charge is 0.126 e. The predicted octanol–water partition coefficient (Wildman–Crippen LogP) is 3.52. The van der Waals surface area contributed by atoms with E-state index < -0.39 is 0 Å². The molecule has 0 saturated carbocycles. The van der Waals surface area contributed by atoms with Gasteiger partial charge < -0.3 is 10.5 Å². The Kier molecular flexibility index (Phi) is 5.32. The molecule has 1 aromatic rings. The van der Waals surface area contributed by atoms with E-state index in [0.717, 1.165) is 4.47 Å². The first-order valence-corrected chi connectivity index (χ1v) is 6.77. The van der Waals surface area contributed by atoms with Gasteiger partial charge in [-0.1, -0.05) is 36.7 Å². The van der Waals surface area contributed by atoms with E-state index in [9.17, 15) is 4.39 Å². The highest BCUT2D eigenvalue weighted by Crippen LogP contribution is 2.26. The maximum Gasteiger partial charge on any atom is 0.126 e. The molecule has 0 fully saturated rings. The van der Waals surface area contributed by atoms with Gasteiger partial charge in [-0.05, 0) is 35.6 Å². The van der Waals surface area contributed by atoms with Gasteiger partial charge in [0.15, 0.2) is 0 Å². The van der Waals surface area contributed by atoms with Crippen molar-refractivity contribution in [2.24, 2.45) is 11.1 Å². The van der Waals surface area contributed by atoms with Crippen LogP contribution in [-0.4, -0.2) is 19.3 Å². The molecule has 0 heterocycles. The number of methoxy groups -OCH3 is 1. The van der Waals surface area contributed by atoms with Gasteiger partial charge in [0.2, 0.25) is 0 Å². The topological polar surface area (TPSA) is 35.2 Å². The van der Waals surface area contributed by atoms with Crippen LogP contribution in [0, 0.1) is 11.2 Å². The second-order valence-electron chi connectivity index (χ2n) is 5.63. The molecular weight excluding hydrogens is 297 g/mol. The third-order valence-corrected chi connectivity index (χ3v) is 3.45. The molecule has 0 aliphatic heterocycles. The number of hydrogen-bond donors (Lipinski definition) is 1. The summed E-state index contributed by atoms with van der Waals surface area (Å²) in [6, 6.07) is 4.66. The fourth-order valence-electron chi connectivity index (χ4n) is 2.23. The van der Waals surface area contributed by atoms with E-state index in [1.807, 2.05) is 0 Å². The Balaban J connectivity index is 2.86. The average Bonchev–Trinajstić information content (AvgIpc) is 2.22. The van der Waals surface area contributed by atoms with E-state index in [0.29, 0.717) is 12.0 Å². The summed E-state index contributed by atoms with van der Waals surface area (Å²) in [6.45, 7) is 6.20. The van der Waals surface area contributed by atoms with E-state index in [1.165, 1.54) is 6.07 Å². The zero-order valence-electron chi connectivity index (χ0n) is 11.3. The molecule has 0 radical (unpaired) electrons. The van der Waals surface area contributed by atoms with Gasteiger partial charge in [0.05, 0.1) is 6.10 Å². The molecule has 2 unspecified atom stereocenters. The summed E-state index contributed by atoms with van der Waals surface area (Å²) in [5.41, 5.74) is 6.70. The summed E-state index contributed by atoms with van der Waals surface area (Å²) in [5.74, 6) is -0.225. The van der Waals surface area contributed by atoms with Crippen molar-refractivity contribution in [2.45, 2.75) is 39.3 Å². The van der Waals surface area contributed by atoms with Crippen molar-refractivity contribution in [3.05, 3.63) is 34.1 Å². The molecule has 102 valence electrons. The quantitative estimate of drug-likeness (QED) is 0.922. The van der Waals surface area contributed by atoms with Crippen LogP contribution in [0.2, 0.25) is 0 Å². The largest absolute Gasteiger partial charge is 0.379 e. The van der Waals surface area contributed by atoms with Crippen molar-refractivity contribution >= 4 is 15.9 Å². The normalized spacial score (nSPS) is 15.5. The van der Waals surface area contributed by atoms with Crippen LogP contribution >= 0.6 is 15.9 Å². The monoisotopic (exact) mass is 317 g/mol. The maximum atomic E-state index is 13.7. The highest BCUT2D eigenvalue weighted by molar-refractivity contribution is 9.10. The van der Waals surface area contributed by atoms with E-state index in [2.05, 4.69) is 36.7 Å². The van der Waals surface area contributed by atoms with Crippen LogP contribution in [0.15, 0.2) is 22.7 Å². The number of benzene rings is 1. The Bertz CT molecular complexity index is 403. The summed E-state index contributed by atoms with van der Waals surface area (Å²) in [4.78, 5) is 0. The van der Waals surface area contributed by atoms with Gasteiger partial charge in [-0.2, -0.15) is 0 Å². The number of nitrogens with two attached hydrogens (primary N) is 1. The first-order valence-electron chi connectivity index (χ1n) is 5.98. The van der Waals surface area contributed by atoms with Crippen LogP contribution in [0.5, 0.6) is 0 Å². The first-order chi connectivity index (χ1) is 8.25. The number of ether oxygens (including phenoxy) is 1. The fourth-order valence-corrected chi connectivity index (χ4v) is 2.64. The maximum absolute atomic E-state index is 13.7. The van der Waals surface area contributed by atoms with Crippen LogP contribution in [-0.2, 0) is 11.2 Å². The van der Waals surface area contributed by atoms with Crippen LogP contribution in [0.4, 0.5) is 4.39 Å². The van der Waals surface area contributed by atoms with E-state index in [1.54, 1.807) is 19.2 Å². The van der Waals surface area contributed by atoms with Gasteiger partial charge >= 0.3 is 0 Å². The van der Waals surface area contributed by atoms with Gasteiger partial charge in [-0.25, -0.2) is 4.39 Å².